The van der Waals surface area contributed by atoms with Crippen LogP contribution in [0.3, 0.4) is 0 Å². The Morgan fingerprint density at radius 1 is 1.06 bits per heavy atom. The first-order valence-corrected chi connectivity index (χ1v) is 11.1. The molecule has 1 amide bonds. The zero-order chi connectivity index (χ0) is 24.5. The number of esters is 1. The van der Waals surface area contributed by atoms with E-state index in [1.54, 1.807) is 24.4 Å². The second-order valence-electron chi connectivity index (χ2n) is 8.62. The van der Waals surface area contributed by atoms with Crippen molar-refractivity contribution < 1.29 is 14.3 Å². The van der Waals surface area contributed by atoms with E-state index < -0.39 is 5.97 Å². The molecule has 0 atom stereocenters. The van der Waals surface area contributed by atoms with Gasteiger partial charge in [0.2, 0.25) is 0 Å². The van der Waals surface area contributed by atoms with Gasteiger partial charge in [-0.1, -0.05) is 18.2 Å². The summed E-state index contributed by atoms with van der Waals surface area (Å²) in [6.07, 6.45) is 5.51. The van der Waals surface area contributed by atoms with Crippen LogP contribution in [0.5, 0.6) is 0 Å². The third kappa shape index (κ3) is 4.39. The quantitative estimate of drug-likeness (QED) is 0.328. The second-order valence-corrected chi connectivity index (χ2v) is 8.62. The molecule has 5 rings (SSSR count). The van der Waals surface area contributed by atoms with E-state index in [-0.39, 0.29) is 5.91 Å². The van der Waals surface area contributed by atoms with Crippen LogP contribution in [0.4, 0.5) is 11.4 Å². The minimum Gasteiger partial charge on any atom is -0.465 e. The number of carbonyl (C=O) groups excluding carboxylic acids is 2. The maximum atomic E-state index is 13.2. The number of imidazole rings is 1. The average Bonchev–Trinajstić information content (AvgIpc) is 3.45. The Balaban J connectivity index is 1.62. The molecule has 0 radical (unpaired) electrons. The highest BCUT2D eigenvalue weighted by Crippen LogP contribution is 2.38. The largest absolute Gasteiger partial charge is 0.465 e. The highest BCUT2D eigenvalue weighted by molar-refractivity contribution is 6.37. The van der Waals surface area contributed by atoms with Crippen molar-refractivity contribution in [2.75, 3.05) is 31.8 Å². The van der Waals surface area contributed by atoms with Gasteiger partial charge in [-0.15, -0.1) is 0 Å². The number of pyridine rings is 1. The van der Waals surface area contributed by atoms with Gasteiger partial charge in [0.05, 0.1) is 29.6 Å². The maximum absolute atomic E-state index is 13.2. The molecule has 2 N–H and O–H groups in total. The summed E-state index contributed by atoms with van der Waals surface area (Å²) in [5.41, 5.74) is 6.41. The number of nitrogens with one attached hydrogen (secondary N) is 2. The van der Waals surface area contributed by atoms with Gasteiger partial charge in [-0.25, -0.2) is 9.78 Å². The fraction of sp³-hybridized carbons (Fsp3) is 0.148. The molecule has 0 saturated heterocycles. The summed E-state index contributed by atoms with van der Waals surface area (Å²) in [4.78, 5) is 31.7. The van der Waals surface area contributed by atoms with Crippen LogP contribution in [0.1, 0.15) is 27.0 Å². The molecule has 176 valence electrons. The first kappa shape index (κ1) is 22.4. The van der Waals surface area contributed by atoms with Crippen LogP contribution in [0, 0.1) is 0 Å². The molecule has 2 aromatic carbocycles. The van der Waals surface area contributed by atoms with Crippen molar-refractivity contribution >= 4 is 40.2 Å². The van der Waals surface area contributed by atoms with Crippen molar-refractivity contribution in [2.24, 2.45) is 0 Å². The van der Waals surface area contributed by atoms with Crippen molar-refractivity contribution in [2.45, 2.75) is 6.54 Å². The minimum atomic E-state index is -0.458. The average molecular weight is 468 g/mol. The summed E-state index contributed by atoms with van der Waals surface area (Å²) in [6.45, 7) is 0.836. The number of ether oxygens (including phenoxy) is 1. The smallest absolute Gasteiger partial charge is 0.337 e. The summed E-state index contributed by atoms with van der Waals surface area (Å²) in [5.74, 6) is -0.711. The molecule has 0 spiro atoms. The van der Waals surface area contributed by atoms with Gasteiger partial charge in [0.15, 0.2) is 0 Å². The van der Waals surface area contributed by atoms with Crippen molar-refractivity contribution in [1.29, 1.82) is 0 Å². The van der Waals surface area contributed by atoms with Crippen molar-refractivity contribution in [3.8, 4) is 0 Å². The van der Waals surface area contributed by atoms with Crippen LogP contribution in [0.25, 0.3) is 16.9 Å². The van der Waals surface area contributed by atoms with Gasteiger partial charge in [-0.05, 0) is 56.1 Å². The lowest BCUT2D eigenvalue weighted by molar-refractivity contribution is -0.110. The molecule has 4 aromatic rings. The number of nitrogens with zero attached hydrogens (tertiary/aromatic N) is 3. The van der Waals surface area contributed by atoms with Crippen molar-refractivity contribution in [3.63, 3.8) is 0 Å². The normalized spacial score (nSPS) is 14.1. The molecule has 1 aliphatic heterocycles. The molecule has 2 aromatic heterocycles. The topological polar surface area (TPSA) is 88.0 Å². The van der Waals surface area contributed by atoms with Crippen LogP contribution in [0.2, 0.25) is 0 Å². The molecular formula is C27H25N5O3. The number of aromatic nitrogens is 2. The van der Waals surface area contributed by atoms with E-state index in [1.807, 2.05) is 55.2 Å². The lowest BCUT2D eigenvalue weighted by Gasteiger charge is -2.16. The van der Waals surface area contributed by atoms with Gasteiger partial charge in [0.1, 0.15) is 5.65 Å². The molecule has 0 unspecified atom stereocenters. The van der Waals surface area contributed by atoms with Gasteiger partial charge >= 0.3 is 5.97 Å². The molecule has 8 heteroatoms. The molecule has 3 heterocycles. The number of anilines is 2. The summed E-state index contributed by atoms with van der Waals surface area (Å²) < 4.78 is 6.73. The monoisotopic (exact) mass is 467 g/mol. The standard InChI is InChI=1S/C27H25N5O3/c1-31(2)16-17-4-7-20(8-5-17)29-25(18-10-12-32-13-11-28-23(32)15-18)24-21-9-6-19(27(34)35-3)14-22(21)30-26(24)33/h4-15,29H,16H2,1-3H3,(H,30,33). The predicted molar refractivity (Wildman–Crippen MR) is 136 cm³/mol. The first-order valence-electron chi connectivity index (χ1n) is 11.1. The van der Waals surface area contributed by atoms with E-state index in [9.17, 15) is 9.59 Å². The summed E-state index contributed by atoms with van der Waals surface area (Å²) >= 11 is 0. The molecule has 1 aliphatic rings. The van der Waals surface area contributed by atoms with Crippen molar-refractivity contribution in [3.05, 3.63) is 95.4 Å². The molecule has 8 nitrogen and oxygen atoms in total. The number of amides is 1. The van der Waals surface area contributed by atoms with E-state index in [1.165, 1.54) is 12.7 Å². The lowest BCUT2D eigenvalue weighted by atomic mass is 9.99. The highest BCUT2D eigenvalue weighted by atomic mass is 16.5. The van der Waals surface area contributed by atoms with Gasteiger partial charge in [0, 0.05) is 41.9 Å². The van der Waals surface area contributed by atoms with Crippen LogP contribution in [-0.4, -0.2) is 47.4 Å². The second kappa shape index (κ2) is 9.08. The fourth-order valence-corrected chi connectivity index (χ4v) is 4.21. The molecule has 0 bridgehead atoms. The van der Waals surface area contributed by atoms with E-state index in [0.717, 1.165) is 23.4 Å². The van der Waals surface area contributed by atoms with Crippen molar-refractivity contribution in [1.82, 2.24) is 14.3 Å². The third-order valence-corrected chi connectivity index (χ3v) is 5.84. The van der Waals surface area contributed by atoms with E-state index in [4.69, 9.17) is 4.74 Å². The van der Waals surface area contributed by atoms with Crippen LogP contribution in [-0.2, 0) is 16.1 Å². The van der Waals surface area contributed by atoms with Gasteiger partial charge in [-0.3, -0.25) is 4.79 Å². The van der Waals surface area contributed by atoms with Crippen LogP contribution in [0.15, 0.2) is 73.2 Å². The zero-order valence-corrected chi connectivity index (χ0v) is 19.7. The SMILES string of the molecule is COC(=O)c1ccc2c(c1)NC(=O)C2=C(Nc1ccc(CN(C)C)cc1)c1ccn2ccnc2c1. The Labute approximate surface area is 202 Å². The Kier molecular flexibility index (Phi) is 5.80. The van der Waals surface area contributed by atoms with E-state index >= 15 is 0 Å². The number of rotatable bonds is 6. The molecule has 35 heavy (non-hydrogen) atoms. The van der Waals surface area contributed by atoms with Gasteiger partial charge < -0.3 is 24.7 Å². The van der Waals surface area contributed by atoms with Crippen LogP contribution >= 0.6 is 0 Å². The number of carbonyl (C=O) groups is 2. The predicted octanol–water partition coefficient (Wildman–Crippen LogP) is 4.12. The van der Waals surface area contributed by atoms with Crippen LogP contribution < -0.4 is 10.6 Å². The Bertz CT molecular complexity index is 1470. The van der Waals surface area contributed by atoms with Gasteiger partial charge in [-0.2, -0.15) is 0 Å². The molecule has 0 saturated carbocycles. The molecule has 0 aliphatic carbocycles. The summed E-state index contributed by atoms with van der Waals surface area (Å²) in [7, 11) is 5.39. The molecule has 0 fully saturated rings. The number of methoxy groups -OCH3 is 1. The summed E-state index contributed by atoms with van der Waals surface area (Å²) in [6, 6.07) is 17.1. The zero-order valence-electron chi connectivity index (χ0n) is 19.7. The number of benzene rings is 2. The fourth-order valence-electron chi connectivity index (χ4n) is 4.21. The molecular weight excluding hydrogens is 442 g/mol. The Morgan fingerprint density at radius 2 is 1.86 bits per heavy atom. The lowest BCUT2D eigenvalue weighted by Crippen LogP contribution is -2.11. The number of fused-ring (bicyclic) bond motifs is 2. The van der Waals surface area contributed by atoms with E-state index in [0.29, 0.717) is 28.1 Å². The minimum absolute atomic E-state index is 0.253. The van der Waals surface area contributed by atoms with E-state index in [2.05, 4.69) is 32.7 Å². The summed E-state index contributed by atoms with van der Waals surface area (Å²) in [5, 5.41) is 6.37. The highest BCUT2D eigenvalue weighted by Gasteiger charge is 2.29. The van der Waals surface area contributed by atoms with Gasteiger partial charge in [0.25, 0.3) is 5.91 Å². The Hall–Kier alpha value is -4.43. The number of hydrogen-bond donors (Lipinski definition) is 2. The third-order valence-electron chi connectivity index (χ3n) is 5.84. The number of hydrogen-bond acceptors (Lipinski definition) is 6. The first-order chi connectivity index (χ1) is 16.9. The maximum Gasteiger partial charge on any atom is 0.337 e. The Morgan fingerprint density at radius 3 is 2.60 bits per heavy atom.